The molecule has 1 aromatic carbocycles. The smallest absolute Gasteiger partial charge is 0.175 e. The lowest BCUT2D eigenvalue weighted by Crippen LogP contribution is -2.14. The second-order valence-corrected chi connectivity index (χ2v) is 6.36. The Morgan fingerprint density at radius 3 is 2.61 bits per heavy atom. The van der Waals surface area contributed by atoms with E-state index in [1.54, 1.807) is 19.2 Å². The SMILES string of the molecule is COCCC(C)C(=O)c1cccc(S(C)(=O)=O)c1. The molecule has 0 bridgehead atoms. The Kier molecular flexibility index (Phi) is 5.04. The number of ether oxygens (including phenoxy) is 1. The van der Waals surface area contributed by atoms with Gasteiger partial charge in [0.25, 0.3) is 0 Å². The van der Waals surface area contributed by atoms with Crippen LogP contribution in [0.2, 0.25) is 0 Å². The Morgan fingerprint density at radius 1 is 1.39 bits per heavy atom. The van der Waals surface area contributed by atoms with Crippen LogP contribution < -0.4 is 0 Å². The number of carbonyl (C=O) groups excluding carboxylic acids is 1. The number of benzene rings is 1. The minimum Gasteiger partial charge on any atom is -0.385 e. The summed E-state index contributed by atoms with van der Waals surface area (Å²) in [6.45, 7) is 2.33. The molecule has 0 aliphatic rings. The molecule has 0 aromatic heterocycles. The van der Waals surface area contributed by atoms with Crippen molar-refractivity contribution in [2.75, 3.05) is 20.0 Å². The summed E-state index contributed by atoms with van der Waals surface area (Å²) in [7, 11) is -1.69. The van der Waals surface area contributed by atoms with E-state index < -0.39 is 9.84 Å². The van der Waals surface area contributed by atoms with E-state index in [-0.39, 0.29) is 16.6 Å². The first-order valence-electron chi connectivity index (χ1n) is 5.69. The van der Waals surface area contributed by atoms with Crippen molar-refractivity contribution in [3.8, 4) is 0 Å². The highest BCUT2D eigenvalue weighted by Gasteiger charge is 2.17. The number of methoxy groups -OCH3 is 1. The zero-order valence-corrected chi connectivity index (χ0v) is 11.7. The minimum absolute atomic E-state index is 0.0578. The van der Waals surface area contributed by atoms with Crippen LogP contribution in [0.4, 0.5) is 0 Å². The standard InChI is InChI=1S/C13H18O4S/c1-10(7-8-17-2)13(14)11-5-4-6-12(9-11)18(3,15)16/h4-6,9-10H,7-8H2,1-3H3. The quantitative estimate of drug-likeness (QED) is 0.741. The number of carbonyl (C=O) groups is 1. The maximum atomic E-state index is 12.1. The topological polar surface area (TPSA) is 60.4 Å². The highest BCUT2D eigenvalue weighted by atomic mass is 32.2. The third-order valence-electron chi connectivity index (χ3n) is 2.75. The molecule has 4 nitrogen and oxygen atoms in total. The Labute approximate surface area is 108 Å². The second kappa shape index (κ2) is 6.11. The van der Waals surface area contributed by atoms with E-state index in [1.165, 1.54) is 12.1 Å². The summed E-state index contributed by atoms with van der Waals surface area (Å²) >= 11 is 0. The minimum atomic E-state index is -3.28. The summed E-state index contributed by atoms with van der Waals surface area (Å²) in [6.07, 6.45) is 1.75. The van der Waals surface area contributed by atoms with Gasteiger partial charge in [-0.1, -0.05) is 19.1 Å². The average Bonchev–Trinajstić information content (AvgIpc) is 2.34. The number of hydrogen-bond acceptors (Lipinski definition) is 4. The fraction of sp³-hybridized carbons (Fsp3) is 0.462. The van der Waals surface area contributed by atoms with E-state index in [1.807, 2.05) is 6.92 Å². The lowest BCUT2D eigenvalue weighted by atomic mass is 9.97. The van der Waals surface area contributed by atoms with Gasteiger partial charge in [-0.25, -0.2) is 8.42 Å². The summed E-state index contributed by atoms with van der Waals surface area (Å²) in [6, 6.07) is 6.15. The number of ketones is 1. The van der Waals surface area contributed by atoms with Crippen LogP contribution in [0.1, 0.15) is 23.7 Å². The largest absolute Gasteiger partial charge is 0.385 e. The Morgan fingerprint density at radius 2 is 2.06 bits per heavy atom. The molecular formula is C13H18O4S. The van der Waals surface area contributed by atoms with Crippen LogP contribution in [0.25, 0.3) is 0 Å². The van der Waals surface area contributed by atoms with Crippen LogP contribution in [0.5, 0.6) is 0 Å². The number of rotatable bonds is 6. The molecule has 1 rings (SSSR count). The van der Waals surface area contributed by atoms with Gasteiger partial charge in [-0.2, -0.15) is 0 Å². The van der Waals surface area contributed by atoms with Gasteiger partial charge in [-0.3, -0.25) is 4.79 Å². The van der Waals surface area contributed by atoms with Gasteiger partial charge in [0.1, 0.15) is 0 Å². The number of sulfone groups is 1. The van der Waals surface area contributed by atoms with Crippen molar-refractivity contribution in [3.05, 3.63) is 29.8 Å². The molecule has 0 spiro atoms. The predicted octanol–water partition coefficient (Wildman–Crippen LogP) is 1.95. The molecule has 0 N–H and O–H groups in total. The molecule has 0 radical (unpaired) electrons. The monoisotopic (exact) mass is 270 g/mol. The summed E-state index contributed by atoms with van der Waals surface area (Å²) in [5.74, 6) is -0.239. The average molecular weight is 270 g/mol. The molecule has 5 heteroatoms. The number of hydrogen-bond donors (Lipinski definition) is 0. The Bertz CT molecular complexity index is 520. The van der Waals surface area contributed by atoms with Crippen molar-refractivity contribution in [3.63, 3.8) is 0 Å². The van der Waals surface area contributed by atoms with Crippen molar-refractivity contribution in [1.82, 2.24) is 0 Å². The number of Topliss-reactive ketones (excluding diaryl/α,β-unsaturated/α-hetero) is 1. The van der Waals surface area contributed by atoms with E-state index >= 15 is 0 Å². The summed E-state index contributed by atoms with van der Waals surface area (Å²) in [5.41, 5.74) is 0.432. The highest BCUT2D eigenvalue weighted by Crippen LogP contribution is 2.16. The van der Waals surface area contributed by atoms with Gasteiger partial charge in [0.2, 0.25) is 0 Å². The van der Waals surface area contributed by atoms with Crippen LogP contribution in [0, 0.1) is 5.92 Å². The first-order valence-corrected chi connectivity index (χ1v) is 7.58. The van der Waals surface area contributed by atoms with Gasteiger partial charge < -0.3 is 4.74 Å². The third kappa shape index (κ3) is 3.92. The highest BCUT2D eigenvalue weighted by molar-refractivity contribution is 7.90. The van der Waals surface area contributed by atoms with Crippen molar-refractivity contribution in [1.29, 1.82) is 0 Å². The molecule has 0 fully saturated rings. The molecule has 1 atom stereocenters. The maximum absolute atomic E-state index is 12.1. The van der Waals surface area contributed by atoms with E-state index in [9.17, 15) is 13.2 Å². The zero-order chi connectivity index (χ0) is 13.8. The van der Waals surface area contributed by atoms with Crippen LogP contribution >= 0.6 is 0 Å². The first-order chi connectivity index (χ1) is 8.36. The zero-order valence-electron chi connectivity index (χ0n) is 10.8. The van der Waals surface area contributed by atoms with Crippen LogP contribution in [-0.4, -0.2) is 34.2 Å². The van der Waals surface area contributed by atoms with E-state index in [2.05, 4.69) is 0 Å². The Balaban J connectivity index is 2.93. The van der Waals surface area contributed by atoms with Crippen molar-refractivity contribution >= 4 is 15.6 Å². The molecule has 1 aromatic rings. The van der Waals surface area contributed by atoms with Gasteiger partial charge in [0, 0.05) is 31.5 Å². The van der Waals surface area contributed by atoms with Gasteiger partial charge in [-0.05, 0) is 18.6 Å². The van der Waals surface area contributed by atoms with Crippen LogP contribution in [0.15, 0.2) is 29.2 Å². The molecule has 0 aliphatic heterocycles. The van der Waals surface area contributed by atoms with Crippen LogP contribution in [-0.2, 0) is 14.6 Å². The van der Waals surface area contributed by atoms with E-state index in [0.717, 1.165) is 6.26 Å². The summed E-state index contributed by atoms with van der Waals surface area (Å²) in [4.78, 5) is 12.3. The van der Waals surface area contributed by atoms with Gasteiger partial charge in [0.05, 0.1) is 4.90 Å². The Hall–Kier alpha value is -1.20. The van der Waals surface area contributed by atoms with E-state index in [0.29, 0.717) is 18.6 Å². The normalized spacial score (nSPS) is 13.3. The fourth-order valence-electron chi connectivity index (χ4n) is 1.59. The lowest BCUT2D eigenvalue weighted by molar-refractivity contribution is 0.0893. The lowest BCUT2D eigenvalue weighted by Gasteiger charge is -2.10. The molecule has 0 aliphatic carbocycles. The maximum Gasteiger partial charge on any atom is 0.175 e. The fourth-order valence-corrected chi connectivity index (χ4v) is 2.26. The van der Waals surface area contributed by atoms with Crippen LogP contribution in [0.3, 0.4) is 0 Å². The van der Waals surface area contributed by atoms with Crippen molar-refractivity contribution < 1.29 is 17.9 Å². The molecule has 1 unspecified atom stereocenters. The summed E-state index contributed by atoms with van der Waals surface area (Å²) in [5, 5.41) is 0. The summed E-state index contributed by atoms with van der Waals surface area (Å²) < 4.78 is 27.8. The van der Waals surface area contributed by atoms with Gasteiger partial charge in [0.15, 0.2) is 15.6 Å². The predicted molar refractivity (Wildman–Crippen MR) is 69.5 cm³/mol. The molecule has 0 amide bonds. The van der Waals surface area contributed by atoms with Gasteiger partial charge in [-0.15, -0.1) is 0 Å². The molecule has 100 valence electrons. The van der Waals surface area contributed by atoms with Crippen molar-refractivity contribution in [2.45, 2.75) is 18.2 Å². The first kappa shape index (κ1) is 14.9. The second-order valence-electron chi connectivity index (χ2n) is 4.35. The third-order valence-corrected chi connectivity index (χ3v) is 3.86. The molecule has 18 heavy (non-hydrogen) atoms. The molecular weight excluding hydrogens is 252 g/mol. The molecule has 0 heterocycles. The van der Waals surface area contributed by atoms with E-state index in [4.69, 9.17) is 4.74 Å². The van der Waals surface area contributed by atoms with Gasteiger partial charge >= 0.3 is 0 Å². The molecule has 0 saturated carbocycles. The van der Waals surface area contributed by atoms with Crippen molar-refractivity contribution in [2.24, 2.45) is 5.92 Å². The molecule has 0 saturated heterocycles.